The van der Waals surface area contributed by atoms with E-state index in [0.29, 0.717) is 0 Å². The lowest BCUT2D eigenvalue weighted by molar-refractivity contribution is -0.136. The Kier molecular flexibility index (Phi) is 2.22. The number of hydrogen-bond donors (Lipinski definition) is 2. The van der Waals surface area contributed by atoms with E-state index >= 15 is 0 Å². The van der Waals surface area contributed by atoms with Gasteiger partial charge in [-0.05, 0) is 20.8 Å². The van der Waals surface area contributed by atoms with Gasteiger partial charge >= 0.3 is 6.03 Å². The second kappa shape index (κ2) is 2.97. The molecule has 1 saturated heterocycles. The van der Waals surface area contributed by atoms with Crippen LogP contribution in [0, 0.1) is 0 Å². The zero-order chi connectivity index (χ0) is 11.1. The number of nitrogens with two attached hydrogens (primary N) is 1. The summed E-state index contributed by atoms with van der Waals surface area (Å²) in [6, 6.07) is -1.49. The Balaban J connectivity index is 2.97. The second-order valence-electron chi connectivity index (χ2n) is 3.81. The molecule has 1 aliphatic rings. The first-order chi connectivity index (χ1) is 6.27. The average molecular weight is 199 g/mol. The minimum absolute atomic E-state index is 0.436. The summed E-state index contributed by atoms with van der Waals surface area (Å²) in [7, 11) is 0. The van der Waals surface area contributed by atoms with Gasteiger partial charge in [0, 0.05) is 0 Å². The molecule has 78 valence electrons. The predicted molar refractivity (Wildman–Crippen MR) is 48.1 cm³/mol. The number of imide groups is 1. The SMILES string of the molecule is C[C@@H](C(N)=O)N1C(=O)NC(C)(C)C1=O. The van der Waals surface area contributed by atoms with Gasteiger partial charge in [-0.15, -0.1) is 0 Å². The fourth-order valence-corrected chi connectivity index (χ4v) is 1.25. The summed E-state index contributed by atoms with van der Waals surface area (Å²) >= 11 is 0. The molecule has 6 heteroatoms. The monoisotopic (exact) mass is 199 g/mol. The number of hydrogen-bond acceptors (Lipinski definition) is 3. The topological polar surface area (TPSA) is 92.5 Å². The van der Waals surface area contributed by atoms with Gasteiger partial charge in [-0.1, -0.05) is 0 Å². The predicted octanol–water partition coefficient (Wildman–Crippen LogP) is -0.809. The van der Waals surface area contributed by atoms with Crippen molar-refractivity contribution in [2.24, 2.45) is 5.73 Å². The molecule has 14 heavy (non-hydrogen) atoms. The Morgan fingerprint density at radius 1 is 1.50 bits per heavy atom. The van der Waals surface area contributed by atoms with Gasteiger partial charge in [-0.25, -0.2) is 9.69 Å². The van der Waals surface area contributed by atoms with Crippen LogP contribution in [0.5, 0.6) is 0 Å². The molecule has 0 aromatic heterocycles. The van der Waals surface area contributed by atoms with Crippen LogP contribution in [0.3, 0.4) is 0 Å². The van der Waals surface area contributed by atoms with E-state index in [-0.39, 0.29) is 0 Å². The molecule has 0 unspecified atom stereocenters. The van der Waals surface area contributed by atoms with Crippen molar-refractivity contribution in [1.29, 1.82) is 0 Å². The highest BCUT2D eigenvalue weighted by molar-refractivity contribution is 6.09. The zero-order valence-corrected chi connectivity index (χ0v) is 8.33. The molecule has 0 aromatic rings. The van der Waals surface area contributed by atoms with Gasteiger partial charge in [0.25, 0.3) is 5.91 Å². The number of primary amides is 1. The van der Waals surface area contributed by atoms with Crippen molar-refractivity contribution in [3.05, 3.63) is 0 Å². The van der Waals surface area contributed by atoms with E-state index in [2.05, 4.69) is 5.32 Å². The van der Waals surface area contributed by atoms with Crippen molar-refractivity contribution in [3.8, 4) is 0 Å². The lowest BCUT2D eigenvalue weighted by Gasteiger charge is -2.19. The first-order valence-electron chi connectivity index (χ1n) is 4.22. The van der Waals surface area contributed by atoms with E-state index in [0.717, 1.165) is 4.90 Å². The van der Waals surface area contributed by atoms with Crippen LogP contribution < -0.4 is 11.1 Å². The molecular formula is C8H13N3O3. The quantitative estimate of drug-likeness (QED) is 0.570. The summed E-state index contributed by atoms with van der Waals surface area (Å²) in [5.74, 6) is -1.14. The third kappa shape index (κ3) is 1.43. The van der Waals surface area contributed by atoms with Crippen LogP contribution >= 0.6 is 0 Å². The minimum atomic E-state index is -0.958. The van der Waals surface area contributed by atoms with Crippen LogP contribution in [-0.2, 0) is 9.59 Å². The van der Waals surface area contributed by atoms with E-state index in [1.165, 1.54) is 6.92 Å². The number of nitrogens with zero attached hydrogens (tertiary/aromatic N) is 1. The van der Waals surface area contributed by atoms with Crippen molar-refractivity contribution < 1.29 is 14.4 Å². The number of amides is 4. The average Bonchev–Trinajstić information content (AvgIpc) is 2.21. The second-order valence-corrected chi connectivity index (χ2v) is 3.81. The molecule has 1 aliphatic heterocycles. The highest BCUT2D eigenvalue weighted by Gasteiger charge is 2.47. The van der Waals surface area contributed by atoms with Gasteiger partial charge in [0.1, 0.15) is 11.6 Å². The molecule has 0 saturated carbocycles. The molecule has 0 spiro atoms. The highest BCUT2D eigenvalue weighted by Crippen LogP contribution is 2.18. The van der Waals surface area contributed by atoms with Crippen molar-refractivity contribution in [3.63, 3.8) is 0 Å². The minimum Gasteiger partial charge on any atom is -0.368 e. The normalized spacial score (nSPS) is 22.1. The van der Waals surface area contributed by atoms with Gasteiger partial charge in [0.2, 0.25) is 5.91 Å². The number of carbonyl (C=O) groups excluding carboxylic acids is 3. The number of urea groups is 1. The van der Waals surface area contributed by atoms with Crippen LogP contribution in [0.25, 0.3) is 0 Å². The van der Waals surface area contributed by atoms with Crippen molar-refractivity contribution in [2.75, 3.05) is 0 Å². The van der Waals surface area contributed by atoms with Crippen LogP contribution in [0.4, 0.5) is 4.79 Å². The third-order valence-electron chi connectivity index (χ3n) is 2.19. The smallest absolute Gasteiger partial charge is 0.325 e. The third-order valence-corrected chi connectivity index (χ3v) is 2.19. The van der Waals surface area contributed by atoms with E-state index < -0.39 is 29.4 Å². The summed E-state index contributed by atoms with van der Waals surface area (Å²) in [5, 5.41) is 2.46. The summed E-state index contributed by atoms with van der Waals surface area (Å²) in [4.78, 5) is 34.6. The molecular weight excluding hydrogens is 186 g/mol. The standard InChI is InChI=1S/C8H13N3O3/c1-4(5(9)12)11-6(13)8(2,3)10-7(11)14/h4H,1-3H3,(H2,9,12)(H,10,14)/t4-/m0/s1. The zero-order valence-electron chi connectivity index (χ0n) is 8.33. The maximum absolute atomic E-state index is 11.6. The molecule has 1 fully saturated rings. The molecule has 1 heterocycles. The van der Waals surface area contributed by atoms with Gasteiger partial charge in [0.15, 0.2) is 0 Å². The molecule has 4 amide bonds. The maximum Gasteiger partial charge on any atom is 0.325 e. The molecule has 0 aliphatic carbocycles. The van der Waals surface area contributed by atoms with Crippen LogP contribution in [0.15, 0.2) is 0 Å². The number of nitrogens with one attached hydrogen (secondary N) is 1. The molecule has 1 rings (SSSR count). The first kappa shape index (κ1) is 10.5. The molecule has 3 N–H and O–H groups in total. The number of carbonyl (C=O) groups is 3. The molecule has 0 bridgehead atoms. The Bertz CT molecular complexity index is 311. The Morgan fingerprint density at radius 3 is 2.29 bits per heavy atom. The van der Waals surface area contributed by atoms with Crippen molar-refractivity contribution in [2.45, 2.75) is 32.4 Å². The van der Waals surface area contributed by atoms with Crippen LogP contribution in [0.1, 0.15) is 20.8 Å². The van der Waals surface area contributed by atoms with E-state index in [9.17, 15) is 14.4 Å². The van der Waals surface area contributed by atoms with Crippen LogP contribution in [-0.4, -0.2) is 34.3 Å². The molecule has 0 radical (unpaired) electrons. The largest absolute Gasteiger partial charge is 0.368 e. The van der Waals surface area contributed by atoms with Gasteiger partial charge in [-0.3, -0.25) is 9.59 Å². The van der Waals surface area contributed by atoms with E-state index in [1.54, 1.807) is 13.8 Å². The highest BCUT2D eigenvalue weighted by atomic mass is 16.2. The van der Waals surface area contributed by atoms with E-state index in [1.807, 2.05) is 0 Å². The van der Waals surface area contributed by atoms with Gasteiger partial charge < -0.3 is 11.1 Å². The lowest BCUT2D eigenvalue weighted by atomic mass is 10.1. The summed E-state index contributed by atoms with van der Waals surface area (Å²) in [6.07, 6.45) is 0. The maximum atomic E-state index is 11.6. The molecule has 6 nitrogen and oxygen atoms in total. The fraction of sp³-hybridized carbons (Fsp3) is 0.625. The Labute approximate surface area is 81.4 Å². The fourth-order valence-electron chi connectivity index (χ4n) is 1.25. The Morgan fingerprint density at radius 2 is 2.00 bits per heavy atom. The van der Waals surface area contributed by atoms with E-state index in [4.69, 9.17) is 5.73 Å². The summed E-state index contributed by atoms with van der Waals surface area (Å²) in [6.45, 7) is 4.56. The summed E-state index contributed by atoms with van der Waals surface area (Å²) in [5.41, 5.74) is 4.06. The van der Waals surface area contributed by atoms with Gasteiger partial charge in [-0.2, -0.15) is 0 Å². The molecule has 0 aromatic carbocycles. The molecule has 1 atom stereocenters. The van der Waals surface area contributed by atoms with Crippen molar-refractivity contribution >= 4 is 17.8 Å². The summed E-state index contributed by atoms with van der Waals surface area (Å²) < 4.78 is 0. The Hall–Kier alpha value is -1.59. The first-order valence-corrected chi connectivity index (χ1v) is 4.22. The van der Waals surface area contributed by atoms with Crippen molar-refractivity contribution in [1.82, 2.24) is 10.2 Å². The van der Waals surface area contributed by atoms with Gasteiger partial charge in [0.05, 0.1) is 0 Å². The lowest BCUT2D eigenvalue weighted by Crippen LogP contribution is -2.47. The van der Waals surface area contributed by atoms with Crippen LogP contribution in [0.2, 0.25) is 0 Å². The number of rotatable bonds is 2.